The Morgan fingerprint density at radius 1 is 1.22 bits per heavy atom. The lowest BCUT2D eigenvalue weighted by molar-refractivity contribution is 0.104. The minimum absolute atomic E-state index is 0.0276. The molecule has 18 heavy (non-hydrogen) atoms. The Kier molecular flexibility index (Phi) is 2.13. The second kappa shape index (κ2) is 3.57. The highest BCUT2D eigenvalue weighted by atomic mass is 16.5. The molecule has 0 radical (unpaired) electrons. The van der Waals surface area contributed by atoms with Gasteiger partial charge in [-0.15, -0.1) is 0 Å². The molecular weight excluding hydrogens is 230 g/mol. The van der Waals surface area contributed by atoms with Crippen molar-refractivity contribution in [3.05, 3.63) is 41.1 Å². The van der Waals surface area contributed by atoms with Crippen molar-refractivity contribution >= 4 is 5.78 Å². The molecule has 0 bridgehead atoms. The number of nitrogens with zero attached hydrogens (tertiary/aromatic N) is 1. The lowest BCUT2D eigenvalue weighted by Crippen LogP contribution is -1.98. The van der Waals surface area contributed by atoms with Gasteiger partial charge in [0, 0.05) is 11.8 Å². The molecule has 0 aliphatic heterocycles. The number of carbonyl (C=O) groups excluding carboxylic acids is 1. The maximum absolute atomic E-state index is 12.3. The number of rotatable bonds is 1. The summed E-state index contributed by atoms with van der Waals surface area (Å²) in [6, 6.07) is 5.04. The van der Waals surface area contributed by atoms with Crippen molar-refractivity contribution in [3.8, 4) is 22.8 Å². The normalized spacial score (nSPS) is 12.2. The molecule has 1 heterocycles. The molecule has 1 aromatic carbocycles. The van der Waals surface area contributed by atoms with E-state index in [4.69, 9.17) is 4.74 Å². The van der Waals surface area contributed by atoms with Crippen LogP contribution in [-0.2, 0) is 0 Å². The quantitative estimate of drug-likeness (QED) is 0.710. The maximum Gasteiger partial charge on any atom is 0.196 e. The number of methoxy groups -OCH3 is 1. The average molecular weight is 241 g/mol. The molecule has 1 aliphatic rings. The average Bonchev–Trinajstić information content (AvgIpc) is 2.66. The van der Waals surface area contributed by atoms with Gasteiger partial charge in [-0.1, -0.05) is 0 Å². The molecule has 1 aliphatic carbocycles. The van der Waals surface area contributed by atoms with Gasteiger partial charge in [-0.2, -0.15) is 0 Å². The van der Waals surface area contributed by atoms with Crippen LogP contribution in [0.3, 0.4) is 0 Å². The molecule has 3 rings (SSSR count). The van der Waals surface area contributed by atoms with E-state index >= 15 is 0 Å². The van der Waals surface area contributed by atoms with Crippen molar-refractivity contribution in [2.75, 3.05) is 7.11 Å². The lowest BCUT2D eigenvalue weighted by atomic mass is 10.1. The fourth-order valence-electron chi connectivity index (χ4n) is 2.33. The zero-order valence-electron chi connectivity index (χ0n) is 10.0. The number of phenolic OH excluding ortho intramolecular Hbond substituents is 1. The Labute approximate surface area is 104 Å². The number of hydrogen-bond acceptors (Lipinski definition) is 4. The van der Waals surface area contributed by atoms with E-state index in [0.29, 0.717) is 28.1 Å². The summed E-state index contributed by atoms with van der Waals surface area (Å²) < 4.78 is 5.06. The summed E-state index contributed by atoms with van der Waals surface area (Å²) in [6.45, 7) is 1.86. The summed E-state index contributed by atoms with van der Waals surface area (Å²) in [7, 11) is 1.48. The fourth-order valence-corrected chi connectivity index (χ4v) is 2.33. The molecule has 0 saturated heterocycles. The molecule has 90 valence electrons. The maximum atomic E-state index is 12.3. The van der Waals surface area contributed by atoms with Crippen molar-refractivity contribution in [1.29, 1.82) is 0 Å². The van der Waals surface area contributed by atoms with E-state index in [1.165, 1.54) is 7.11 Å². The zero-order valence-corrected chi connectivity index (χ0v) is 10.0. The molecule has 1 aromatic heterocycles. The smallest absolute Gasteiger partial charge is 0.196 e. The molecular formula is C14H11NO3. The van der Waals surface area contributed by atoms with Crippen LogP contribution in [0.1, 0.15) is 21.5 Å². The van der Waals surface area contributed by atoms with Gasteiger partial charge in [0.2, 0.25) is 0 Å². The van der Waals surface area contributed by atoms with Gasteiger partial charge in [-0.05, 0) is 30.7 Å². The predicted octanol–water partition coefficient (Wildman–Crippen LogP) is 2.32. The van der Waals surface area contributed by atoms with Crippen molar-refractivity contribution in [2.45, 2.75) is 6.92 Å². The Morgan fingerprint density at radius 3 is 2.72 bits per heavy atom. The van der Waals surface area contributed by atoms with Crippen LogP contribution < -0.4 is 4.74 Å². The number of aryl methyl sites for hydroxylation is 1. The van der Waals surface area contributed by atoms with Gasteiger partial charge in [0.15, 0.2) is 17.3 Å². The number of aromatic nitrogens is 1. The summed E-state index contributed by atoms with van der Waals surface area (Å²) >= 11 is 0. The van der Waals surface area contributed by atoms with E-state index < -0.39 is 0 Å². The third-order valence-corrected chi connectivity index (χ3v) is 3.23. The number of aromatic hydroxyl groups is 1. The number of ketones is 1. The lowest BCUT2D eigenvalue weighted by Gasteiger charge is -2.07. The number of ether oxygens (including phenoxy) is 1. The largest absolute Gasteiger partial charge is 0.504 e. The van der Waals surface area contributed by atoms with E-state index in [1.807, 2.05) is 6.92 Å². The number of fused-ring (bicyclic) bond motifs is 3. The highest BCUT2D eigenvalue weighted by molar-refractivity contribution is 6.22. The Hall–Kier alpha value is -2.36. The molecule has 0 saturated carbocycles. The monoisotopic (exact) mass is 241 g/mol. The second-order valence-electron chi connectivity index (χ2n) is 4.22. The standard InChI is InChI=1S/C14H11NO3/c1-7-5-6-15-12-10(7)13(16)8-3-4-9(18-2)14(17)11(8)12/h3-6,17H,1-2H3. The first kappa shape index (κ1) is 10.8. The first-order valence-corrected chi connectivity index (χ1v) is 5.55. The second-order valence-corrected chi connectivity index (χ2v) is 4.22. The van der Waals surface area contributed by atoms with Gasteiger partial charge >= 0.3 is 0 Å². The molecule has 4 heteroatoms. The van der Waals surface area contributed by atoms with Crippen molar-refractivity contribution in [2.24, 2.45) is 0 Å². The number of hydrogen-bond donors (Lipinski definition) is 1. The van der Waals surface area contributed by atoms with Crippen LogP contribution in [0, 0.1) is 6.92 Å². The predicted molar refractivity (Wildman–Crippen MR) is 66.1 cm³/mol. The van der Waals surface area contributed by atoms with Gasteiger partial charge in [-0.25, -0.2) is 0 Å². The van der Waals surface area contributed by atoms with Gasteiger partial charge in [0.25, 0.3) is 0 Å². The van der Waals surface area contributed by atoms with Crippen LogP contribution in [0.25, 0.3) is 11.3 Å². The first-order chi connectivity index (χ1) is 8.65. The molecule has 0 unspecified atom stereocenters. The molecule has 2 aromatic rings. The van der Waals surface area contributed by atoms with Crippen molar-refractivity contribution in [3.63, 3.8) is 0 Å². The highest BCUT2D eigenvalue weighted by Crippen LogP contribution is 2.45. The van der Waals surface area contributed by atoms with Gasteiger partial charge in [0.1, 0.15) is 0 Å². The van der Waals surface area contributed by atoms with Gasteiger partial charge < -0.3 is 9.84 Å². The summed E-state index contributed by atoms with van der Waals surface area (Å²) in [5.74, 6) is 0.224. The Balaban J connectivity index is 2.40. The molecule has 0 fully saturated rings. The minimum atomic E-state index is -0.0939. The summed E-state index contributed by atoms with van der Waals surface area (Å²) in [5.41, 5.74) is 2.91. The third kappa shape index (κ3) is 1.20. The topological polar surface area (TPSA) is 59.4 Å². The fraction of sp³-hybridized carbons (Fsp3) is 0.143. The molecule has 0 amide bonds. The molecule has 1 N–H and O–H groups in total. The molecule has 0 atom stereocenters. The van der Waals surface area contributed by atoms with Crippen LogP contribution in [0.15, 0.2) is 24.4 Å². The summed E-state index contributed by atoms with van der Waals surface area (Å²) in [6.07, 6.45) is 1.63. The van der Waals surface area contributed by atoms with E-state index in [1.54, 1.807) is 24.4 Å². The van der Waals surface area contributed by atoms with E-state index in [-0.39, 0.29) is 11.5 Å². The van der Waals surface area contributed by atoms with Gasteiger partial charge in [-0.3, -0.25) is 9.78 Å². The van der Waals surface area contributed by atoms with Crippen molar-refractivity contribution < 1.29 is 14.6 Å². The van der Waals surface area contributed by atoms with Crippen LogP contribution >= 0.6 is 0 Å². The Bertz CT molecular complexity index is 677. The van der Waals surface area contributed by atoms with E-state index in [0.717, 1.165) is 5.56 Å². The van der Waals surface area contributed by atoms with Crippen LogP contribution in [-0.4, -0.2) is 23.0 Å². The molecule has 4 nitrogen and oxygen atoms in total. The number of phenols is 1. The van der Waals surface area contributed by atoms with Crippen LogP contribution in [0.4, 0.5) is 0 Å². The number of carbonyl (C=O) groups is 1. The highest BCUT2D eigenvalue weighted by Gasteiger charge is 2.32. The SMILES string of the molecule is COc1ccc2c(c1O)-c1nccc(C)c1C2=O. The third-order valence-electron chi connectivity index (χ3n) is 3.23. The summed E-state index contributed by atoms with van der Waals surface area (Å²) in [5, 5.41) is 10.1. The molecule has 0 spiro atoms. The Morgan fingerprint density at radius 2 is 2.00 bits per heavy atom. The zero-order chi connectivity index (χ0) is 12.9. The number of benzene rings is 1. The van der Waals surface area contributed by atoms with Crippen LogP contribution in [0.2, 0.25) is 0 Å². The summed E-state index contributed by atoms with van der Waals surface area (Å²) in [4.78, 5) is 16.5. The minimum Gasteiger partial charge on any atom is -0.504 e. The van der Waals surface area contributed by atoms with E-state index in [2.05, 4.69) is 4.98 Å². The number of pyridine rings is 1. The van der Waals surface area contributed by atoms with Gasteiger partial charge in [0.05, 0.1) is 23.9 Å². The van der Waals surface area contributed by atoms with Crippen LogP contribution in [0.5, 0.6) is 11.5 Å². The van der Waals surface area contributed by atoms with E-state index in [9.17, 15) is 9.90 Å². The van der Waals surface area contributed by atoms with Crippen molar-refractivity contribution in [1.82, 2.24) is 4.98 Å². The first-order valence-electron chi connectivity index (χ1n) is 5.55.